The lowest BCUT2D eigenvalue weighted by molar-refractivity contribution is 0.0912. The Morgan fingerprint density at radius 1 is 1.17 bits per heavy atom. The highest BCUT2D eigenvalue weighted by Gasteiger charge is 2.32. The molecule has 0 saturated heterocycles. The van der Waals surface area contributed by atoms with Crippen LogP contribution in [0.15, 0.2) is 35.7 Å². The minimum Gasteiger partial charge on any atom is -0.399 e. The molecule has 0 amide bonds. The summed E-state index contributed by atoms with van der Waals surface area (Å²) >= 11 is 1.51. The van der Waals surface area contributed by atoms with Gasteiger partial charge in [-0.1, -0.05) is 12.1 Å². The van der Waals surface area contributed by atoms with Crippen molar-refractivity contribution in [2.24, 2.45) is 0 Å². The molecule has 1 aromatic heterocycles. The number of ketones is 1. The van der Waals surface area contributed by atoms with Crippen LogP contribution >= 0.6 is 11.3 Å². The zero-order chi connectivity index (χ0) is 13.3. The number of anilines is 1. The number of rotatable bonds is 3. The monoisotopic (exact) mass is 259 g/mol. The van der Waals surface area contributed by atoms with Gasteiger partial charge in [0.25, 0.3) is 0 Å². The van der Waals surface area contributed by atoms with E-state index in [1.165, 1.54) is 11.3 Å². The van der Waals surface area contributed by atoms with Crippen LogP contribution in [0.4, 0.5) is 5.69 Å². The molecule has 0 aliphatic heterocycles. The molecular formula is C15H17NOS. The Labute approximate surface area is 111 Å². The van der Waals surface area contributed by atoms with Gasteiger partial charge < -0.3 is 5.73 Å². The maximum atomic E-state index is 12.6. The van der Waals surface area contributed by atoms with Gasteiger partial charge in [0, 0.05) is 5.69 Å². The van der Waals surface area contributed by atoms with E-state index >= 15 is 0 Å². The lowest BCUT2D eigenvalue weighted by Gasteiger charge is -2.23. The number of carbonyl (C=O) groups excluding carboxylic acids is 1. The van der Waals surface area contributed by atoms with Gasteiger partial charge in [-0.3, -0.25) is 4.79 Å². The van der Waals surface area contributed by atoms with E-state index in [-0.39, 0.29) is 5.78 Å². The molecule has 3 heteroatoms. The van der Waals surface area contributed by atoms with E-state index in [1.54, 1.807) is 0 Å². The first-order valence-corrected chi connectivity index (χ1v) is 6.76. The third-order valence-electron chi connectivity index (χ3n) is 3.27. The fraction of sp³-hybridized carbons (Fsp3) is 0.267. The van der Waals surface area contributed by atoms with Crippen molar-refractivity contribution in [3.05, 3.63) is 51.7 Å². The van der Waals surface area contributed by atoms with Crippen LogP contribution in [-0.4, -0.2) is 5.78 Å². The Balaban J connectivity index is 2.39. The van der Waals surface area contributed by atoms with E-state index in [1.807, 2.05) is 56.5 Å². The van der Waals surface area contributed by atoms with Gasteiger partial charge in [-0.25, -0.2) is 0 Å². The lowest BCUT2D eigenvalue weighted by Crippen LogP contribution is -2.28. The first-order valence-electron chi connectivity index (χ1n) is 5.88. The average molecular weight is 259 g/mol. The molecule has 1 aromatic carbocycles. The molecule has 0 saturated carbocycles. The van der Waals surface area contributed by atoms with E-state index in [0.29, 0.717) is 5.69 Å². The van der Waals surface area contributed by atoms with E-state index in [4.69, 9.17) is 5.73 Å². The predicted octanol–water partition coefficient (Wildman–Crippen LogP) is 3.80. The minimum absolute atomic E-state index is 0.166. The maximum Gasteiger partial charge on any atom is 0.182 e. The smallest absolute Gasteiger partial charge is 0.182 e. The largest absolute Gasteiger partial charge is 0.399 e. The number of nitrogens with two attached hydrogens (primary N) is 1. The minimum atomic E-state index is -0.524. The standard InChI is InChI=1S/C15H17NOS/c1-10-8-9-18-13(10)14(17)15(2,3)11-4-6-12(16)7-5-11/h4-9H,16H2,1-3H3. The number of nitrogen functional groups attached to an aromatic ring is 1. The fourth-order valence-corrected chi connectivity index (χ4v) is 2.94. The SMILES string of the molecule is Cc1ccsc1C(=O)C(C)(C)c1ccc(N)cc1. The van der Waals surface area contributed by atoms with Gasteiger partial charge in [-0.05, 0) is 55.5 Å². The number of hydrogen-bond acceptors (Lipinski definition) is 3. The number of thiophene rings is 1. The highest BCUT2D eigenvalue weighted by atomic mass is 32.1. The highest BCUT2D eigenvalue weighted by molar-refractivity contribution is 7.12. The normalized spacial score (nSPS) is 11.5. The Morgan fingerprint density at radius 2 is 1.78 bits per heavy atom. The molecule has 0 aliphatic carbocycles. The van der Waals surface area contributed by atoms with Crippen molar-refractivity contribution in [2.45, 2.75) is 26.2 Å². The van der Waals surface area contributed by atoms with Gasteiger partial charge in [0.2, 0.25) is 0 Å². The van der Waals surface area contributed by atoms with Gasteiger partial charge in [-0.2, -0.15) is 0 Å². The summed E-state index contributed by atoms with van der Waals surface area (Å²) < 4.78 is 0. The molecule has 18 heavy (non-hydrogen) atoms. The summed E-state index contributed by atoms with van der Waals surface area (Å²) in [6, 6.07) is 9.51. The molecule has 94 valence electrons. The Hall–Kier alpha value is -1.61. The second kappa shape index (κ2) is 4.58. The second-order valence-electron chi connectivity index (χ2n) is 5.01. The van der Waals surface area contributed by atoms with Gasteiger partial charge >= 0.3 is 0 Å². The summed E-state index contributed by atoms with van der Waals surface area (Å²) in [4.78, 5) is 13.5. The van der Waals surface area contributed by atoms with Crippen LogP contribution in [0.25, 0.3) is 0 Å². The molecule has 0 bridgehead atoms. The zero-order valence-corrected chi connectivity index (χ0v) is 11.7. The molecule has 2 aromatic rings. The van der Waals surface area contributed by atoms with Crippen LogP contribution in [0, 0.1) is 6.92 Å². The maximum absolute atomic E-state index is 12.6. The quantitative estimate of drug-likeness (QED) is 0.673. The van der Waals surface area contributed by atoms with E-state index < -0.39 is 5.41 Å². The van der Waals surface area contributed by atoms with E-state index in [2.05, 4.69) is 0 Å². The third kappa shape index (κ3) is 2.18. The average Bonchev–Trinajstić information content (AvgIpc) is 2.75. The van der Waals surface area contributed by atoms with Crippen LogP contribution < -0.4 is 5.73 Å². The number of hydrogen-bond donors (Lipinski definition) is 1. The molecular weight excluding hydrogens is 242 g/mol. The molecule has 0 atom stereocenters. The van der Waals surface area contributed by atoms with Crippen molar-refractivity contribution in [1.29, 1.82) is 0 Å². The summed E-state index contributed by atoms with van der Waals surface area (Å²) in [5.41, 5.74) is 7.92. The van der Waals surface area contributed by atoms with Crippen LogP contribution in [-0.2, 0) is 5.41 Å². The van der Waals surface area contributed by atoms with Crippen molar-refractivity contribution in [3.8, 4) is 0 Å². The van der Waals surface area contributed by atoms with Gasteiger partial charge in [0.15, 0.2) is 5.78 Å². The molecule has 0 unspecified atom stereocenters. The molecule has 0 fully saturated rings. The van der Waals surface area contributed by atoms with Crippen LogP contribution in [0.1, 0.15) is 34.6 Å². The van der Waals surface area contributed by atoms with Crippen LogP contribution in [0.5, 0.6) is 0 Å². The van der Waals surface area contributed by atoms with Crippen molar-refractivity contribution < 1.29 is 4.79 Å². The number of carbonyl (C=O) groups is 1. The molecule has 0 aliphatic rings. The van der Waals surface area contributed by atoms with Crippen molar-refractivity contribution >= 4 is 22.8 Å². The molecule has 2 nitrogen and oxygen atoms in total. The first-order chi connectivity index (χ1) is 8.43. The lowest BCUT2D eigenvalue weighted by atomic mass is 9.79. The topological polar surface area (TPSA) is 43.1 Å². The summed E-state index contributed by atoms with van der Waals surface area (Å²) in [5, 5.41) is 1.96. The highest BCUT2D eigenvalue weighted by Crippen LogP contribution is 2.31. The van der Waals surface area contributed by atoms with Gasteiger partial charge in [0.1, 0.15) is 0 Å². The summed E-state index contributed by atoms with van der Waals surface area (Å²) in [6.45, 7) is 5.89. The van der Waals surface area contributed by atoms with E-state index in [0.717, 1.165) is 16.0 Å². The summed E-state index contributed by atoms with van der Waals surface area (Å²) in [6.07, 6.45) is 0. The number of benzene rings is 1. The zero-order valence-electron chi connectivity index (χ0n) is 10.9. The third-order valence-corrected chi connectivity index (χ3v) is 4.28. The molecule has 2 rings (SSSR count). The second-order valence-corrected chi connectivity index (χ2v) is 5.92. The van der Waals surface area contributed by atoms with Gasteiger partial charge in [-0.15, -0.1) is 11.3 Å². The summed E-state index contributed by atoms with van der Waals surface area (Å²) in [5.74, 6) is 0.166. The molecule has 1 heterocycles. The van der Waals surface area contributed by atoms with Crippen molar-refractivity contribution in [2.75, 3.05) is 5.73 Å². The molecule has 0 radical (unpaired) electrons. The Morgan fingerprint density at radius 3 is 2.28 bits per heavy atom. The number of aryl methyl sites for hydroxylation is 1. The predicted molar refractivity (Wildman–Crippen MR) is 77.3 cm³/mol. The van der Waals surface area contributed by atoms with Crippen LogP contribution in [0.2, 0.25) is 0 Å². The summed E-state index contributed by atoms with van der Waals surface area (Å²) in [7, 11) is 0. The number of Topliss-reactive ketones (excluding diaryl/α,β-unsaturated/α-hetero) is 1. The van der Waals surface area contributed by atoms with Crippen molar-refractivity contribution in [3.63, 3.8) is 0 Å². The fourth-order valence-electron chi connectivity index (χ4n) is 1.92. The Kier molecular flexibility index (Phi) is 3.26. The van der Waals surface area contributed by atoms with Crippen molar-refractivity contribution in [1.82, 2.24) is 0 Å². The van der Waals surface area contributed by atoms with Crippen LogP contribution in [0.3, 0.4) is 0 Å². The molecule has 2 N–H and O–H groups in total. The Bertz CT molecular complexity index is 566. The first kappa shape index (κ1) is 12.8. The molecule has 0 spiro atoms. The van der Waals surface area contributed by atoms with E-state index in [9.17, 15) is 4.79 Å². The van der Waals surface area contributed by atoms with Gasteiger partial charge in [0.05, 0.1) is 10.3 Å².